The van der Waals surface area contributed by atoms with Crippen LogP contribution in [0.15, 0.2) is 89.6 Å². The van der Waals surface area contributed by atoms with Gasteiger partial charge in [0.1, 0.15) is 6.10 Å². The zero-order valence-corrected chi connectivity index (χ0v) is 13.4. The topological polar surface area (TPSA) is 50.4 Å². The van der Waals surface area contributed by atoms with Crippen LogP contribution in [0.1, 0.15) is 21.7 Å². The molecule has 0 saturated heterocycles. The molecule has 122 valence electrons. The molecule has 1 N–H and O–H groups in total. The molecular formula is C22H16O3. The summed E-state index contributed by atoms with van der Waals surface area (Å²) in [6.07, 6.45) is 1.63. The molecule has 3 heteroatoms. The molecule has 1 atom stereocenters. The Balaban J connectivity index is 1.95. The Morgan fingerprint density at radius 3 is 2.28 bits per heavy atom. The SMILES string of the molecule is O=C(c1ccco1)C(O)/C(=C/C#Cc1ccccc1)c1ccccc1. The van der Waals surface area contributed by atoms with Gasteiger partial charge in [-0.1, -0.05) is 60.4 Å². The van der Waals surface area contributed by atoms with E-state index in [1.807, 2.05) is 60.7 Å². The fraction of sp³-hybridized carbons (Fsp3) is 0.0455. The Hall–Kier alpha value is -3.35. The maximum Gasteiger partial charge on any atom is 0.230 e. The molecule has 0 aliphatic heterocycles. The first-order valence-corrected chi connectivity index (χ1v) is 7.83. The van der Waals surface area contributed by atoms with Gasteiger partial charge in [-0.15, -0.1) is 0 Å². The van der Waals surface area contributed by atoms with Gasteiger partial charge in [-0.05, 0) is 35.9 Å². The van der Waals surface area contributed by atoms with E-state index < -0.39 is 11.9 Å². The molecule has 1 unspecified atom stereocenters. The van der Waals surface area contributed by atoms with Gasteiger partial charge in [-0.2, -0.15) is 0 Å². The molecule has 0 spiro atoms. The van der Waals surface area contributed by atoms with Crippen LogP contribution in [0.25, 0.3) is 5.57 Å². The van der Waals surface area contributed by atoms with Crippen molar-refractivity contribution in [3.63, 3.8) is 0 Å². The largest absolute Gasteiger partial charge is 0.461 e. The lowest BCUT2D eigenvalue weighted by Crippen LogP contribution is -2.21. The van der Waals surface area contributed by atoms with Gasteiger partial charge in [-0.3, -0.25) is 4.79 Å². The zero-order chi connectivity index (χ0) is 17.5. The van der Waals surface area contributed by atoms with Crippen molar-refractivity contribution in [1.29, 1.82) is 0 Å². The van der Waals surface area contributed by atoms with E-state index in [-0.39, 0.29) is 5.76 Å². The average Bonchev–Trinajstić information content (AvgIpc) is 3.20. The Kier molecular flexibility index (Phi) is 5.26. The summed E-state index contributed by atoms with van der Waals surface area (Å²) in [7, 11) is 0. The summed E-state index contributed by atoms with van der Waals surface area (Å²) in [5.41, 5.74) is 2.03. The fourth-order valence-corrected chi connectivity index (χ4v) is 2.36. The molecule has 0 radical (unpaired) electrons. The third kappa shape index (κ3) is 4.14. The summed E-state index contributed by atoms with van der Waals surface area (Å²) < 4.78 is 5.10. The molecule has 2 aromatic carbocycles. The monoisotopic (exact) mass is 328 g/mol. The third-order valence-corrected chi connectivity index (χ3v) is 3.63. The van der Waals surface area contributed by atoms with Crippen molar-refractivity contribution in [2.75, 3.05) is 0 Å². The van der Waals surface area contributed by atoms with E-state index >= 15 is 0 Å². The van der Waals surface area contributed by atoms with Crippen LogP contribution in [0.4, 0.5) is 0 Å². The van der Waals surface area contributed by atoms with Crippen LogP contribution >= 0.6 is 0 Å². The number of hydrogen-bond donors (Lipinski definition) is 1. The summed E-state index contributed by atoms with van der Waals surface area (Å²) >= 11 is 0. The number of allylic oxidation sites excluding steroid dienone is 1. The first-order chi connectivity index (χ1) is 12.3. The molecule has 0 fully saturated rings. The number of hydrogen-bond acceptors (Lipinski definition) is 3. The van der Waals surface area contributed by atoms with E-state index in [1.54, 1.807) is 12.1 Å². The highest BCUT2D eigenvalue weighted by Crippen LogP contribution is 2.21. The Morgan fingerprint density at radius 1 is 0.960 bits per heavy atom. The number of furan rings is 1. The standard InChI is InChI=1S/C22H16O3/c23-21(22(24)20-15-8-16-25-20)19(18-12-5-2-6-13-18)14-7-11-17-9-3-1-4-10-17/h1-6,8-10,12-16,21,23H/b19-14+. The highest BCUT2D eigenvalue weighted by atomic mass is 16.3. The van der Waals surface area contributed by atoms with Crippen LogP contribution in [0, 0.1) is 11.8 Å². The lowest BCUT2D eigenvalue weighted by atomic mass is 9.96. The normalized spacial score (nSPS) is 12.1. The van der Waals surface area contributed by atoms with E-state index in [1.165, 1.54) is 12.3 Å². The number of aliphatic hydroxyl groups is 1. The zero-order valence-electron chi connectivity index (χ0n) is 13.4. The predicted octanol–water partition coefficient (Wildman–Crippen LogP) is 3.96. The number of benzene rings is 2. The van der Waals surface area contributed by atoms with Crippen molar-refractivity contribution in [3.05, 3.63) is 102 Å². The van der Waals surface area contributed by atoms with Gasteiger partial charge in [0.2, 0.25) is 5.78 Å². The molecule has 0 aliphatic carbocycles. The molecule has 0 bridgehead atoms. The highest BCUT2D eigenvalue weighted by molar-refractivity contribution is 6.05. The van der Waals surface area contributed by atoms with Crippen molar-refractivity contribution in [3.8, 4) is 11.8 Å². The molecule has 3 rings (SSSR count). The van der Waals surface area contributed by atoms with Crippen LogP contribution < -0.4 is 0 Å². The first-order valence-electron chi connectivity index (χ1n) is 7.83. The molecular weight excluding hydrogens is 312 g/mol. The minimum atomic E-state index is -1.35. The van der Waals surface area contributed by atoms with Crippen LogP contribution in [0.5, 0.6) is 0 Å². The van der Waals surface area contributed by atoms with Crippen molar-refractivity contribution in [2.24, 2.45) is 0 Å². The van der Waals surface area contributed by atoms with Crippen molar-refractivity contribution in [1.82, 2.24) is 0 Å². The van der Waals surface area contributed by atoms with Crippen molar-refractivity contribution in [2.45, 2.75) is 6.10 Å². The Labute approximate surface area is 146 Å². The van der Waals surface area contributed by atoms with E-state index in [4.69, 9.17) is 4.42 Å². The lowest BCUT2D eigenvalue weighted by Gasteiger charge is -2.12. The van der Waals surface area contributed by atoms with E-state index in [0.717, 1.165) is 11.1 Å². The second kappa shape index (κ2) is 7.96. The van der Waals surface area contributed by atoms with Gasteiger partial charge in [0.05, 0.1) is 6.26 Å². The first kappa shape index (κ1) is 16.5. The van der Waals surface area contributed by atoms with E-state index in [0.29, 0.717) is 5.57 Å². The van der Waals surface area contributed by atoms with Gasteiger partial charge < -0.3 is 9.52 Å². The van der Waals surface area contributed by atoms with Crippen molar-refractivity contribution >= 4 is 11.4 Å². The molecule has 0 amide bonds. The van der Waals surface area contributed by atoms with Crippen molar-refractivity contribution < 1.29 is 14.3 Å². The summed E-state index contributed by atoms with van der Waals surface area (Å²) in [5.74, 6) is 5.55. The average molecular weight is 328 g/mol. The van der Waals surface area contributed by atoms with Gasteiger partial charge in [0.15, 0.2) is 5.76 Å². The van der Waals surface area contributed by atoms with E-state index in [2.05, 4.69) is 11.8 Å². The summed E-state index contributed by atoms with van der Waals surface area (Å²) in [5, 5.41) is 10.6. The van der Waals surface area contributed by atoms with Gasteiger partial charge in [-0.25, -0.2) is 0 Å². The molecule has 1 aromatic heterocycles. The van der Waals surface area contributed by atoms with Crippen LogP contribution in [-0.2, 0) is 0 Å². The van der Waals surface area contributed by atoms with Crippen LogP contribution in [0.2, 0.25) is 0 Å². The van der Waals surface area contributed by atoms with Gasteiger partial charge in [0, 0.05) is 11.1 Å². The van der Waals surface area contributed by atoms with Crippen LogP contribution in [-0.4, -0.2) is 17.0 Å². The van der Waals surface area contributed by atoms with Gasteiger partial charge in [0.25, 0.3) is 0 Å². The lowest BCUT2D eigenvalue weighted by molar-refractivity contribution is 0.0804. The minimum absolute atomic E-state index is 0.116. The molecule has 3 nitrogen and oxygen atoms in total. The van der Waals surface area contributed by atoms with Crippen LogP contribution in [0.3, 0.4) is 0 Å². The van der Waals surface area contributed by atoms with Gasteiger partial charge >= 0.3 is 0 Å². The number of carbonyl (C=O) groups excluding carboxylic acids is 1. The molecule has 25 heavy (non-hydrogen) atoms. The van der Waals surface area contributed by atoms with E-state index in [9.17, 15) is 9.90 Å². The second-order valence-corrected chi connectivity index (χ2v) is 5.35. The smallest absolute Gasteiger partial charge is 0.230 e. The molecule has 0 aliphatic rings. The highest BCUT2D eigenvalue weighted by Gasteiger charge is 2.24. The maximum absolute atomic E-state index is 12.4. The summed E-state index contributed by atoms with van der Waals surface area (Å²) in [6.45, 7) is 0. The molecule has 3 aromatic rings. The number of aliphatic hydroxyl groups excluding tert-OH is 1. The quantitative estimate of drug-likeness (QED) is 0.582. The molecule has 0 saturated carbocycles. The predicted molar refractivity (Wildman–Crippen MR) is 96.8 cm³/mol. The molecule has 1 heterocycles. The Morgan fingerprint density at radius 2 is 1.64 bits per heavy atom. The maximum atomic E-state index is 12.4. The Bertz CT molecular complexity index is 912. The third-order valence-electron chi connectivity index (χ3n) is 3.63. The summed E-state index contributed by atoms with van der Waals surface area (Å²) in [4.78, 5) is 12.4. The second-order valence-electron chi connectivity index (χ2n) is 5.35. The number of rotatable bonds is 4. The minimum Gasteiger partial charge on any atom is -0.461 e. The number of carbonyl (C=O) groups is 1. The number of Topliss-reactive ketones (excluding diaryl/α,β-unsaturated/α-hetero) is 1. The number of ketones is 1. The fourth-order valence-electron chi connectivity index (χ4n) is 2.36. The summed E-state index contributed by atoms with van der Waals surface area (Å²) in [6, 6.07) is 21.9.